The fourth-order valence-corrected chi connectivity index (χ4v) is 2.47. The number of nitrogens with one attached hydrogen (secondary N) is 1. The molecule has 0 aliphatic rings. The first-order valence-corrected chi connectivity index (χ1v) is 7.12. The van der Waals surface area contributed by atoms with Crippen LogP contribution in [0.1, 0.15) is 32.3 Å². The SMILES string of the molecule is CCC(CC)(CNCc1ccc(F)cc1Br)C(=O)O. The maximum atomic E-state index is 12.9. The Morgan fingerprint density at radius 1 is 1.42 bits per heavy atom. The summed E-state index contributed by atoms with van der Waals surface area (Å²) in [4.78, 5) is 11.3. The summed E-state index contributed by atoms with van der Waals surface area (Å²) in [5.41, 5.74) is 0.180. The van der Waals surface area contributed by atoms with Gasteiger partial charge in [0.1, 0.15) is 5.82 Å². The number of halogens is 2. The van der Waals surface area contributed by atoms with Gasteiger partial charge in [-0.1, -0.05) is 35.8 Å². The van der Waals surface area contributed by atoms with Crippen LogP contribution < -0.4 is 5.32 Å². The lowest BCUT2D eigenvalue weighted by molar-refractivity contribution is -0.149. The second-order valence-electron chi connectivity index (χ2n) is 4.63. The van der Waals surface area contributed by atoms with Gasteiger partial charge in [-0.3, -0.25) is 4.79 Å². The zero-order valence-electron chi connectivity index (χ0n) is 11.2. The van der Waals surface area contributed by atoms with Crippen molar-refractivity contribution in [3.8, 4) is 0 Å². The van der Waals surface area contributed by atoms with E-state index in [1.807, 2.05) is 13.8 Å². The molecule has 0 atom stereocenters. The normalized spacial score (nSPS) is 11.6. The van der Waals surface area contributed by atoms with E-state index in [0.717, 1.165) is 5.56 Å². The van der Waals surface area contributed by atoms with Gasteiger partial charge in [-0.15, -0.1) is 0 Å². The lowest BCUT2D eigenvalue weighted by Gasteiger charge is -2.27. The van der Waals surface area contributed by atoms with Crippen LogP contribution in [0.3, 0.4) is 0 Å². The second kappa shape index (κ2) is 7.01. The first-order chi connectivity index (χ1) is 8.95. The molecule has 0 aliphatic heterocycles. The second-order valence-corrected chi connectivity index (χ2v) is 5.49. The van der Waals surface area contributed by atoms with Crippen molar-refractivity contribution in [3.63, 3.8) is 0 Å². The summed E-state index contributed by atoms with van der Waals surface area (Å²) >= 11 is 3.29. The molecule has 5 heteroatoms. The molecule has 0 aliphatic carbocycles. The maximum Gasteiger partial charge on any atom is 0.310 e. The van der Waals surface area contributed by atoms with E-state index in [4.69, 9.17) is 0 Å². The third kappa shape index (κ3) is 4.01. The first-order valence-electron chi connectivity index (χ1n) is 6.33. The van der Waals surface area contributed by atoms with Crippen LogP contribution in [0.15, 0.2) is 22.7 Å². The highest BCUT2D eigenvalue weighted by molar-refractivity contribution is 9.10. The van der Waals surface area contributed by atoms with E-state index in [0.29, 0.717) is 30.4 Å². The highest BCUT2D eigenvalue weighted by Gasteiger charge is 2.34. The Bertz CT molecular complexity index is 447. The topological polar surface area (TPSA) is 49.3 Å². The number of carboxylic acids is 1. The van der Waals surface area contributed by atoms with Gasteiger partial charge in [-0.05, 0) is 30.5 Å². The molecule has 1 aromatic rings. The summed E-state index contributed by atoms with van der Waals surface area (Å²) in [6.45, 7) is 4.68. The molecular formula is C14H19BrFNO2. The fourth-order valence-electron chi connectivity index (χ4n) is 1.98. The van der Waals surface area contributed by atoms with Crippen molar-refractivity contribution in [3.05, 3.63) is 34.1 Å². The minimum Gasteiger partial charge on any atom is -0.481 e. The smallest absolute Gasteiger partial charge is 0.310 e. The summed E-state index contributed by atoms with van der Waals surface area (Å²) in [6, 6.07) is 4.49. The number of benzene rings is 1. The van der Waals surface area contributed by atoms with Gasteiger partial charge in [-0.25, -0.2) is 4.39 Å². The van der Waals surface area contributed by atoms with Crippen LogP contribution in [0.5, 0.6) is 0 Å². The van der Waals surface area contributed by atoms with Crippen molar-refractivity contribution in [2.45, 2.75) is 33.2 Å². The van der Waals surface area contributed by atoms with Gasteiger partial charge < -0.3 is 10.4 Å². The van der Waals surface area contributed by atoms with Crippen molar-refractivity contribution >= 4 is 21.9 Å². The zero-order chi connectivity index (χ0) is 14.5. The summed E-state index contributed by atoms with van der Waals surface area (Å²) in [7, 11) is 0. The molecule has 0 spiro atoms. The maximum absolute atomic E-state index is 12.9. The molecule has 106 valence electrons. The minimum absolute atomic E-state index is 0.294. The quantitative estimate of drug-likeness (QED) is 0.803. The summed E-state index contributed by atoms with van der Waals surface area (Å²) in [5, 5.41) is 12.5. The molecule has 0 fully saturated rings. The Morgan fingerprint density at radius 3 is 2.53 bits per heavy atom. The van der Waals surface area contributed by atoms with Crippen molar-refractivity contribution in [2.75, 3.05) is 6.54 Å². The summed E-state index contributed by atoms with van der Waals surface area (Å²) in [6.07, 6.45) is 1.16. The molecular weight excluding hydrogens is 313 g/mol. The summed E-state index contributed by atoms with van der Waals surface area (Å²) in [5.74, 6) is -1.07. The van der Waals surface area contributed by atoms with Crippen molar-refractivity contribution in [1.29, 1.82) is 0 Å². The van der Waals surface area contributed by atoms with Gasteiger partial charge >= 0.3 is 5.97 Å². The van der Waals surface area contributed by atoms with Gasteiger partial charge in [-0.2, -0.15) is 0 Å². The van der Waals surface area contributed by atoms with Crippen LogP contribution in [0.25, 0.3) is 0 Å². The Morgan fingerprint density at radius 2 is 2.05 bits per heavy atom. The van der Waals surface area contributed by atoms with Crippen LogP contribution in [0, 0.1) is 11.2 Å². The predicted molar refractivity (Wildman–Crippen MR) is 76.5 cm³/mol. The van der Waals surface area contributed by atoms with Crippen LogP contribution in [0.2, 0.25) is 0 Å². The summed E-state index contributed by atoms with van der Waals surface area (Å²) < 4.78 is 13.6. The zero-order valence-corrected chi connectivity index (χ0v) is 12.8. The first kappa shape index (κ1) is 16.1. The van der Waals surface area contributed by atoms with Gasteiger partial charge in [0, 0.05) is 17.6 Å². The number of hydrogen-bond donors (Lipinski definition) is 2. The fraction of sp³-hybridized carbons (Fsp3) is 0.500. The number of aliphatic carboxylic acids is 1. The lowest BCUT2D eigenvalue weighted by Crippen LogP contribution is -2.40. The number of rotatable bonds is 7. The van der Waals surface area contributed by atoms with Crippen molar-refractivity contribution < 1.29 is 14.3 Å². The van der Waals surface area contributed by atoms with Gasteiger partial charge in [0.25, 0.3) is 0 Å². The molecule has 1 aromatic carbocycles. The molecule has 19 heavy (non-hydrogen) atoms. The number of carboxylic acid groups (broad SMARTS) is 1. The molecule has 0 bridgehead atoms. The van der Waals surface area contributed by atoms with E-state index in [1.165, 1.54) is 12.1 Å². The third-order valence-electron chi connectivity index (χ3n) is 3.60. The highest BCUT2D eigenvalue weighted by atomic mass is 79.9. The average Bonchev–Trinajstić information content (AvgIpc) is 2.37. The molecule has 0 radical (unpaired) electrons. The molecule has 1 rings (SSSR count). The lowest BCUT2D eigenvalue weighted by atomic mass is 9.82. The van der Waals surface area contributed by atoms with E-state index in [-0.39, 0.29) is 5.82 Å². The van der Waals surface area contributed by atoms with Crippen LogP contribution >= 0.6 is 15.9 Å². The highest BCUT2D eigenvalue weighted by Crippen LogP contribution is 2.26. The largest absolute Gasteiger partial charge is 0.481 e. The van der Waals surface area contributed by atoms with Crippen LogP contribution in [-0.4, -0.2) is 17.6 Å². The van der Waals surface area contributed by atoms with Crippen LogP contribution in [0.4, 0.5) is 4.39 Å². The van der Waals surface area contributed by atoms with E-state index in [9.17, 15) is 14.3 Å². The predicted octanol–water partition coefficient (Wildman–Crippen LogP) is 3.57. The molecule has 3 nitrogen and oxygen atoms in total. The molecule has 0 aromatic heterocycles. The van der Waals surface area contributed by atoms with E-state index < -0.39 is 11.4 Å². The van der Waals surface area contributed by atoms with Gasteiger partial charge in [0.05, 0.1) is 5.41 Å². The molecule has 0 amide bonds. The molecule has 0 unspecified atom stereocenters. The monoisotopic (exact) mass is 331 g/mol. The Kier molecular flexibility index (Phi) is 5.94. The Labute approximate surface area is 121 Å². The van der Waals surface area contributed by atoms with E-state index in [2.05, 4.69) is 21.2 Å². The Hall–Kier alpha value is -0.940. The van der Waals surface area contributed by atoms with Crippen molar-refractivity contribution in [2.24, 2.45) is 5.41 Å². The number of hydrogen-bond acceptors (Lipinski definition) is 2. The molecule has 0 heterocycles. The third-order valence-corrected chi connectivity index (χ3v) is 4.34. The van der Waals surface area contributed by atoms with Crippen LogP contribution in [-0.2, 0) is 11.3 Å². The van der Waals surface area contributed by atoms with Crippen molar-refractivity contribution in [1.82, 2.24) is 5.32 Å². The van der Waals surface area contributed by atoms with E-state index in [1.54, 1.807) is 6.07 Å². The molecule has 0 saturated carbocycles. The molecule has 2 N–H and O–H groups in total. The number of carbonyl (C=O) groups is 1. The molecule has 0 saturated heterocycles. The average molecular weight is 332 g/mol. The van der Waals surface area contributed by atoms with Gasteiger partial charge in [0.15, 0.2) is 0 Å². The standard InChI is InChI=1S/C14H19BrFNO2/c1-3-14(4-2,13(18)19)9-17-8-10-5-6-11(16)7-12(10)15/h5-7,17H,3-4,8-9H2,1-2H3,(H,18,19). The Balaban J connectivity index is 2.64. The van der Waals surface area contributed by atoms with E-state index >= 15 is 0 Å². The van der Waals surface area contributed by atoms with Gasteiger partial charge in [0.2, 0.25) is 0 Å². The minimum atomic E-state index is -0.775.